The van der Waals surface area contributed by atoms with Crippen LogP contribution in [0, 0.1) is 0 Å². The third kappa shape index (κ3) is 3.23. The van der Waals surface area contributed by atoms with Gasteiger partial charge in [-0.3, -0.25) is 19.2 Å². The summed E-state index contributed by atoms with van der Waals surface area (Å²) < 4.78 is 5.27. The van der Waals surface area contributed by atoms with Crippen LogP contribution in [0.4, 0.5) is 0 Å². The second-order valence-corrected chi connectivity index (χ2v) is 8.80. The zero-order valence-electron chi connectivity index (χ0n) is 13.9. The maximum Gasteiger partial charge on any atom is 0.511 e. The normalized spacial score (nSPS) is 10.7. The lowest BCUT2D eigenvalue weighted by Crippen LogP contribution is -2.83. The summed E-state index contributed by atoms with van der Waals surface area (Å²) in [5.41, 5.74) is 0. The highest BCUT2D eigenvalue weighted by Crippen LogP contribution is 2.22. The molecule has 120 valence electrons. The van der Waals surface area contributed by atoms with Gasteiger partial charge in [0.15, 0.2) is 0 Å². The second kappa shape index (κ2) is 6.70. The highest BCUT2D eigenvalue weighted by Gasteiger charge is 2.58. The topological polar surface area (TPSA) is 81.2 Å². The number of carbonyl (C=O) groups is 4. The van der Waals surface area contributed by atoms with Crippen LogP contribution >= 0.6 is 0 Å². The second-order valence-electron chi connectivity index (χ2n) is 4.91. The van der Waals surface area contributed by atoms with Gasteiger partial charge in [-0.15, -0.1) is 0 Å². The Balaban J connectivity index is 6.47. The van der Waals surface area contributed by atoms with E-state index in [-0.39, 0.29) is 23.6 Å². The number of hydrogen-bond donors (Lipinski definition) is 0. The minimum Gasteiger partial charge on any atom is -0.320 e. The van der Waals surface area contributed by atoms with E-state index in [1.807, 2.05) is 0 Å². The van der Waals surface area contributed by atoms with Crippen molar-refractivity contribution in [1.82, 2.24) is 18.3 Å². The van der Waals surface area contributed by atoms with E-state index in [9.17, 15) is 19.2 Å². The molecule has 0 aliphatic heterocycles. The molecular formula is C12H24N4O4Si. The van der Waals surface area contributed by atoms with Crippen LogP contribution in [0.15, 0.2) is 0 Å². The lowest BCUT2D eigenvalue weighted by atomic mass is 10.7. The van der Waals surface area contributed by atoms with Gasteiger partial charge >= 0.3 is 8.72 Å². The summed E-state index contributed by atoms with van der Waals surface area (Å²) >= 11 is 0. The monoisotopic (exact) mass is 316 g/mol. The van der Waals surface area contributed by atoms with Gasteiger partial charge in [0, 0.05) is 55.9 Å². The fourth-order valence-corrected chi connectivity index (χ4v) is 6.58. The molecule has 0 aromatic carbocycles. The molecule has 0 N–H and O–H groups in total. The SMILES string of the molecule is CC(=O)N(C)[Si](N(C)C(C)=O)(N(C)C(C)=O)N(C)C(C)=O. The lowest BCUT2D eigenvalue weighted by molar-refractivity contribution is -0.132. The number of nitrogens with zero attached hydrogens (tertiary/aromatic N) is 4. The molecule has 0 aliphatic rings. The van der Waals surface area contributed by atoms with Crippen LogP contribution in [0.25, 0.3) is 0 Å². The predicted molar refractivity (Wildman–Crippen MR) is 79.5 cm³/mol. The van der Waals surface area contributed by atoms with Crippen LogP contribution in [0.3, 0.4) is 0 Å². The minimum atomic E-state index is -3.53. The zero-order valence-corrected chi connectivity index (χ0v) is 14.9. The Morgan fingerprint density at radius 3 is 0.762 bits per heavy atom. The maximum absolute atomic E-state index is 11.9. The molecule has 4 amide bonds. The Kier molecular flexibility index (Phi) is 6.09. The summed E-state index contributed by atoms with van der Waals surface area (Å²) in [6.07, 6.45) is 0. The molecule has 0 saturated carbocycles. The molecule has 0 atom stereocenters. The molecule has 21 heavy (non-hydrogen) atoms. The van der Waals surface area contributed by atoms with Gasteiger partial charge in [0.05, 0.1) is 0 Å². The summed E-state index contributed by atoms with van der Waals surface area (Å²) in [5.74, 6) is -1.35. The number of carbonyl (C=O) groups excluding carboxylic acids is 4. The number of rotatable bonds is 4. The van der Waals surface area contributed by atoms with Crippen molar-refractivity contribution >= 4 is 32.3 Å². The van der Waals surface area contributed by atoms with E-state index >= 15 is 0 Å². The van der Waals surface area contributed by atoms with Crippen molar-refractivity contribution in [3.63, 3.8) is 0 Å². The van der Waals surface area contributed by atoms with Gasteiger partial charge in [0.1, 0.15) is 0 Å². The van der Waals surface area contributed by atoms with Crippen molar-refractivity contribution in [2.45, 2.75) is 27.7 Å². The molecule has 0 rings (SSSR count). The molecule has 0 spiro atoms. The Morgan fingerprint density at radius 1 is 0.524 bits per heavy atom. The van der Waals surface area contributed by atoms with Gasteiger partial charge in [-0.1, -0.05) is 0 Å². The van der Waals surface area contributed by atoms with Crippen molar-refractivity contribution in [2.24, 2.45) is 0 Å². The van der Waals surface area contributed by atoms with Crippen molar-refractivity contribution in [3.8, 4) is 0 Å². The molecule has 8 nitrogen and oxygen atoms in total. The first-order chi connectivity index (χ1) is 9.42. The fourth-order valence-electron chi connectivity index (χ4n) is 2.19. The van der Waals surface area contributed by atoms with Crippen LogP contribution < -0.4 is 0 Å². The van der Waals surface area contributed by atoms with E-state index in [1.54, 1.807) is 0 Å². The fraction of sp³-hybridized carbons (Fsp3) is 0.667. The zero-order chi connectivity index (χ0) is 17.1. The molecule has 0 aliphatic carbocycles. The van der Waals surface area contributed by atoms with Gasteiger partial charge in [0.2, 0.25) is 23.6 Å². The van der Waals surface area contributed by atoms with Crippen molar-refractivity contribution in [3.05, 3.63) is 0 Å². The average molecular weight is 316 g/mol. The Hall–Kier alpha value is -1.90. The largest absolute Gasteiger partial charge is 0.511 e. The van der Waals surface area contributed by atoms with Crippen LogP contribution in [0.1, 0.15) is 27.7 Å². The molecule has 0 unspecified atom stereocenters. The smallest absolute Gasteiger partial charge is 0.320 e. The first-order valence-electron chi connectivity index (χ1n) is 6.39. The number of hydrogen-bond acceptors (Lipinski definition) is 4. The molecule has 0 saturated heterocycles. The molecular weight excluding hydrogens is 292 g/mol. The molecule has 9 heteroatoms. The molecule has 0 bridgehead atoms. The Morgan fingerprint density at radius 2 is 0.667 bits per heavy atom. The van der Waals surface area contributed by atoms with Gasteiger partial charge in [-0.05, 0) is 0 Å². The highest BCUT2D eigenvalue weighted by molar-refractivity contribution is 6.76. The quantitative estimate of drug-likeness (QED) is 0.645. The van der Waals surface area contributed by atoms with Crippen molar-refractivity contribution in [1.29, 1.82) is 0 Å². The van der Waals surface area contributed by atoms with Crippen LogP contribution in [0.2, 0.25) is 0 Å². The Labute approximate surface area is 126 Å². The third-order valence-corrected chi connectivity index (χ3v) is 8.55. The summed E-state index contributed by atoms with van der Waals surface area (Å²) in [7, 11) is 2.45. The average Bonchev–Trinajstić information content (AvgIpc) is 2.37. The predicted octanol–water partition coefficient (Wildman–Crippen LogP) is -0.665. The van der Waals surface area contributed by atoms with Crippen LogP contribution in [-0.4, -0.2) is 78.8 Å². The van der Waals surface area contributed by atoms with Crippen molar-refractivity contribution < 1.29 is 19.2 Å². The van der Waals surface area contributed by atoms with Crippen LogP contribution in [-0.2, 0) is 19.2 Å². The standard InChI is InChI=1S/C12H24N4O4Si/c1-9(17)13(5)21(14(6)10(2)18,15(7)11(3)19)16(8)12(4)20/h1-8H3. The van der Waals surface area contributed by atoms with E-state index in [2.05, 4.69) is 0 Å². The molecule has 0 aromatic rings. The number of amides is 4. The van der Waals surface area contributed by atoms with E-state index in [4.69, 9.17) is 0 Å². The first-order valence-corrected chi connectivity index (χ1v) is 8.18. The van der Waals surface area contributed by atoms with E-state index in [0.717, 1.165) is 0 Å². The molecule has 0 heterocycles. The molecule has 0 aromatic heterocycles. The molecule has 0 radical (unpaired) electrons. The first kappa shape index (κ1) is 19.1. The van der Waals surface area contributed by atoms with E-state index < -0.39 is 8.72 Å². The summed E-state index contributed by atoms with van der Waals surface area (Å²) in [5, 5.41) is 0. The molecule has 0 fully saturated rings. The van der Waals surface area contributed by atoms with Gasteiger partial charge in [0.25, 0.3) is 0 Å². The summed E-state index contributed by atoms with van der Waals surface area (Å²) in [4.78, 5) is 47.7. The van der Waals surface area contributed by atoms with Gasteiger partial charge in [-0.2, -0.15) is 0 Å². The van der Waals surface area contributed by atoms with Crippen LogP contribution in [0.5, 0.6) is 0 Å². The maximum atomic E-state index is 11.9. The third-order valence-electron chi connectivity index (χ3n) is 3.69. The van der Waals surface area contributed by atoms with Gasteiger partial charge in [-0.25, -0.2) is 0 Å². The van der Waals surface area contributed by atoms with E-state index in [1.165, 1.54) is 74.1 Å². The van der Waals surface area contributed by atoms with E-state index in [0.29, 0.717) is 0 Å². The minimum absolute atomic E-state index is 0.337. The summed E-state index contributed by atoms with van der Waals surface area (Å²) in [6.45, 7) is 5.32. The summed E-state index contributed by atoms with van der Waals surface area (Å²) in [6, 6.07) is 0. The van der Waals surface area contributed by atoms with Gasteiger partial charge < -0.3 is 18.3 Å². The lowest BCUT2D eigenvalue weighted by Gasteiger charge is -2.51. The van der Waals surface area contributed by atoms with Crippen molar-refractivity contribution in [2.75, 3.05) is 28.2 Å². The Bertz CT molecular complexity index is 383. The highest BCUT2D eigenvalue weighted by atomic mass is 28.4.